The van der Waals surface area contributed by atoms with Gasteiger partial charge in [-0.25, -0.2) is 4.79 Å². The van der Waals surface area contributed by atoms with Gasteiger partial charge in [-0.15, -0.1) is 6.42 Å². The molecule has 0 aromatic heterocycles. The fourth-order valence-electron chi connectivity index (χ4n) is 1.22. The van der Waals surface area contributed by atoms with Crippen LogP contribution in [-0.2, 0) is 4.74 Å². The minimum atomic E-state index is -0.496. The van der Waals surface area contributed by atoms with Gasteiger partial charge in [0.05, 0.1) is 0 Å². The van der Waals surface area contributed by atoms with Crippen molar-refractivity contribution in [2.24, 2.45) is 0 Å². The van der Waals surface area contributed by atoms with Crippen LogP contribution in [0.15, 0.2) is 24.3 Å². The molecule has 17 heavy (non-hydrogen) atoms. The molecule has 0 N–H and O–H groups in total. The highest BCUT2D eigenvalue weighted by molar-refractivity contribution is 5.87. The number of terminal acetylenes is 1. The van der Waals surface area contributed by atoms with Gasteiger partial charge in [0.1, 0.15) is 5.60 Å². The average molecular weight is 231 g/mol. The lowest BCUT2D eigenvalue weighted by Gasteiger charge is -2.24. The van der Waals surface area contributed by atoms with Crippen LogP contribution in [0, 0.1) is 12.3 Å². The lowest BCUT2D eigenvalue weighted by atomic mass is 10.2. The number of hydrogen-bond donors (Lipinski definition) is 0. The SMILES string of the molecule is C#Cc1ccc(N(C)C(=O)OC(C)(C)C)cc1. The van der Waals surface area contributed by atoms with E-state index >= 15 is 0 Å². The van der Waals surface area contributed by atoms with Gasteiger partial charge in [0.15, 0.2) is 0 Å². The fourth-order valence-corrected chi connectivity index (χ4v) is 1.22. The second-order valence-electron chi connectivity index (χ2n) is 4.73. The molecule has 0 aliphatic heterocycles. The summed E-state index contributed by atoms with van der Waals surface area (Å²) >= 11 is 0. The molecule has 90 valence electrons. The van der Waals surface area contributed by atoms with E-state index in [9.17, 15) is 4.79 Å². The van der Waals surface area contributed by atoms with Crippen LogP contribution in [0.25, 0.3) is 0 Å². The van der Waals surface area contributed by atoms with E-state index in [4.69, 9.17) is 11.2 Å². The molecule has 1 aromatic rings. The molecule has 0 bridgehead atoms. The van der Waals surface area contributed by atoms with Crippen molar-refractivity contribution in [3.63, 3.8) is 0 Å². The minimum absolute atomic E-state index is 0.383. The number of ether oxygens (including phenoxy) is 1. The molecule has 0 aliphatic rings. The molecule has 0 aliphatic carbocycles. The first-order chi connectivity index (χ1) is 7.83. The molecule has 3 nitrogen and oxygen atoms in total. The van der Waals surface area contributed by atoms with Crippen LogP contribution >= 0.6 is 0 Å². The maximum Gasteiger partial charge on any atom is 0.414 e. The Morgan fingerprint density at radius 2 is 1.82 bits per heavy atom. The van der Waals surface area contributed by atoms with Crippen LogP contribution in [0.2, 0.25) is 0 Å². The van der Waals surface area contributed by atoms with Gasteiger partial charge in [-0.1, -0.05) is 5.92 Å². The Balaban J connectivity index is 2.79. The highest BCUT2D eigenvalue weighted by atomic mass is 16.6. The van der Waals surface area contributed by atoms with Crippen molar-refractivity contribution in [2.45, 2.75) is 26.4 Å². The normalized spacial score (nSPS) is 10.5. The van der Waals surface area contributed by atoms with Gasteiger partial charge in [-0.05, 0) is 45.0 Å². The maximum atomic E-state index is 11.8. The Morgan fingerprint density at radius 1 is 1.29 bits per heavy atom. The molecule has 0 heterocycles. The smallest absolute Gasteiger partial charge is 0.414 e. The number of carbonyl (C=O) groups is 1. The molecule has 1 aromatic carbocycles. The van der Waals surface area contributed by atoms with Gasteiger partial charge < -0.3 is 4.74 Å². The van der Waals surface area contributed by atoms with E-state index in [2.05, 4.69) is 5.92 Å². The molecular weight excluding hydrogens is 214 g/mol. The molecule has 0 spiro atoms. The lowest BCUT2D eigenvalue weighted by molar-refractivity contribution is 0.0589. The predicted molar refractivity (Wildman–Crippen MR) is 69.0 cm³/mol. The van der Waals surface area contributed by atoms with Gasteiger partial charge in [-0.3, -0.25) is 4.90 Å². The second kappa shape index (κ2) is 4.92. The van der Waals surface area contributed by atoms with Gasteiger partial charge in [0.2, 0.25) is 0 Å². The van der Waals surface area contributed by atoms with E-state index in [1.807, 2.05) is 20.8 Å². The molecule has 3 heteroatoms. The van der Waals surface area contributed by atoms with E-state index in [1.165, 1.54) is 4.90 Å². The summed E-state index contributed by atoms with van der Waals surface area (Å²) in [5.74, 6) is 2.53. The van der Waals surface area contributed by atoms with E-state index in [0.717, 1.165) is 11.3 Å². The number of carbonyl (C=O) groups excluding carboxylic acids is 1. The zero-order valence-corrected chi connectivity index (χ0v) is 10.7. The van der Waals surface area contributed by atoms with E-state index in [-0.39, 0.29) is 6.09 Å². The average Bonchev–Trinajstić information content (AvgIpc) is 2.26. The highest BCUT2D eigenvalue weighted by Gasteiger charge is 2.20. The first kappa shape index (κ1) is 13.1. The third kappa shape index (κ3) is 3.84. The Bertz CT molecular complexity index is 435. The molecule has 0 fully saturated rings. The molecular formula is C14H17NO2. The van der Waals surface area contributed by atoms with E-state index in [0.29, 0.717) is 0 Å². The fraction of sp³-hybridized carbons (Fsp3) is 0.357. The predicted octanol–water partition coefficient (Wildman–Crippen LogP) is 3.04. The highest BCUT2D eigenvalue weighted by Crippen LogP contribution is 2.17. The topological polar surface area (TPSA) is 29.5 Å². The van der Waals surface area contributed by atoms with Crippen LogP contribution < -0.4 is 4.90 Å². The third-order valence-electron chi connectivity index (χ3n) is 2.09. The maximum absolute atomic E-state index is 11.8. The molecule has 0 saturated carbocycles. The monoisotopic (exact) mass is 231 g/mol. The summed E-state index contributed by atoms with van der Waals surface area (Å²) in [5, 5.41) is 0. The lowest BCUT2D eigenvalue weighted by Crippen LogP contribution is -2.34. The van der Waals surface area contributed by atoms with Crippen LogP contribution in [0.3, 0.4) is 0 Å². The first-order valence-corrected chi connectivity index (χ1v) is 5.37. The number of nitrogens with zero attached hydrogens (tertiary/aromatic N) is 1. The Morgan fingerprint density at radius 3 is 2.24 bits per heavy atom. The zero-order valence-electron chi connectivity index (χ0n) is 10.7. The standard InChI is InChI=1S/C14H17NO2/c1-6-11-7-9-12(10-8-11)15(5)13(16)17-14(2,3)4/h1,7-10H,2-5H3. The Kier molecular flexibility index (Phi) is 3.80. The van der Waals surface area contributed by atoms with Crippen molar-refractivity contribution in [1.29, 1.82) is 0 Å². The quantitative estimate of drug-likeness (QED) is 0.695. The molecule has 1 rings (SSSR count). The van der Waals surface area contributed by atoms with Crippen molar-refractivity contribution < 1.29 is 9.53 Å². The summed E-state index contributed by atoms with van der Waals surface area (Å²) < 4.78 is 5.26. The van der Waals surface area contributed by atoms with E-state index < -0.39 is 5.60 Å². The second-order valence-corrected chi connectivity index (χ2v) is 4.73. The number of benzene rings is 1. The summed E-state index contributed by atoms with van der Waals surface area (Å²) in [6.45, 7) is 5.50. The van der Waals surface area contributed by atoms with Crippen molar-refractivity contribution >= 4 is 11.8 Å². The summed E-state index contributed by atoms with van der Waals surface area (Å²) in [7, 11) is 1.67. The van der Waals surface area contributed by atoms with Gasteiger partial charge in [0.25, 0.3) is 0 Å². The molecule has 0 radical (unpaired) electrons. The zero-order chi connectivity index (χ0) is 13.1. The molecule has 0 unspecified atom stereocenters. The molecule has 0 saturated heterocycles. The van der Waals surface area contributed by atoms with Crippen molar-refractivity contribution in [3.05, 3.63) is 29.8 Å². The van der Waals surface area contributed by atoms with Crippen LogP contribution in [0.4, 0.5) is 10.5 Å². The summed E-state index contributed by atoms with van der Waals surface area (Å²) in [6, 6.07) is 7.16. The Labute approximate surface area is 102 Å². The number of hydrogen-bond acceptors (Lipinski definition) is 2. The Hall–Kier alpha value is -1.95. The number of rotatable bonds is 1. The van der Waals surface area contributed by atoms with Crippen LogP contribution in [0.5, 0.6) is 0 Å². The summed E-state index contributed by atoms with van der Waals surface area (Å²) in [5.41, 5.74) is 1.04. The van der Waals surface area contributed by atoms with Crippen molar-refractivity contribution in [3.8, 4) is 12.3 Å². The van der Waals surface area contributed by atoms with Gasteiger partial charge >= 0.3 is 6.09 Å². The number of amides is 1. The van der Waals surface area contributed by atoms with Crippen molar-refractivity contribution in [2.75, 3.05) is 11.9 Å². The minimum Gasteiger partial charge on any atom is -0.443 e. The number of anilines is 1. The van der Waals surface area contributed by atoms with Gasteiger partial charge in [-0.2, -0.15) is 0 Å². The third-order valence-corrected chi connectivity index (χ3v) is 2.09. The van der Waals surface area contributed by atoms with Gasteiger partial charge in [0, 0.05) is 18.3 Å². The molecule has 1 amide bonds. The van der Waals surface area contributed by atoms with E-state index in [1.54, 1.807) is 31.3 Å². The largest absolute Gasteiger partial charge is 0.443 e. The summed E-state index contributed by atoms with van der Waals surface area (Å²) in [6.07, 6.45) is 4.88. The van der Waals surface area contributed by atoms with Crippen molar-refractivity contribution in [1.82, 2.24) is 0 Å². The molecule has 0 atom stereocenters. The first-order valence-electron chi connectivity index (χ1n) is 5.37. The summed E-state index contributed by atoms with van der Waals surface area (Å²) in [4.78, 5) is 13.2. The van der Waals surface area contributed by atoms with Crippen LogP contribution in [-0.4, -0.2) is 18.7 Å². The van der Waals surface area contributed by atoms with Crippen LogP contribution in [0.1, 0.15) is 26.3 Å².